The third-order valence-electron chi connectivity index (χ3n) is 3.10. The van der Waals surface area contributed by atoms with E-state index in [9.17, 15) is 5.11 Å². The zero-order valence-electron chi connectivity index (χ0n) is 12.2. The van der Waals surface area contributed by atoms with E-state index in [4.69, 9.17) is 4.74 Å². The highest BCUT2D eigenvalue weighted by Crippen LogP contribution is 2.26. The van der Waals surface area contributed by atoms with E-state index in [1.165, 1.54) is 0 Å². The van der Waals surface area contributed by atoms with Crippen molar-refractivity contribution in [3.8, 4) is 5.75 Å². The molecule has 1 atom stereocenters. The highest BCUT2D eigenvalue weighted by molar-refractivity contribution is 5.38. The lowest BCUT2D eigenvalue weighted by Gasteiger charge is -2.14. The van der Waals surface area contributed by atoms with Crippen molar-refractivity contribution in [1.82, 2.24) is 14.8 Å². The van der Waals surface area contributed by atoms with Gasteiger partial charge < -0.3 is 9.84 Å². The van der Waals surface area contributed by atoms with Crippen molar-refractivity contribution in [2.24, 2.45) is 0 Å². The Hall–Kier alpha value is -1.88. The molecule has 1 aromatic carbocycles. The van der Waals surface area contributed by atoms with Crippen molar-refractivity contribution in [2.45, 2.75) is 46.4 Å². The third kappa shape index (κ3) is 3.36. The minimum Gasteiger partial charge on any atom is -0.485 e. The summed E-state index contributed by atoms with van der Waals surface area (Å²) in [6.07, 6.45) is 1.98. The van der Waals surface area contributed by atoms with E-state index < -0.39 is 6.10 Å². The Morgan fingerprint density at radius 1 is 1.40 bits per heavy atom. The third-order valence-corrected chi connectivity index (χ3v) is 3.10. The molecule has 0 radical (unpaired) electrons. The Labute approximate surface area is 119 Å². The Balaban J connectivity index is 2.12. The van der Waals surface area contributed by atoms with Gasteiger partial charge in [-0.15, -0.1) is 0 Å². The number of aromatic nitrogens is 3. The van der Waals surface area contributed by atoms with Gasteiger partial charge in [-0.25, -0.2) is 9.67 Å². The monoisotopic (exact) mass is 275 g/mol. The summed E-state index contributed by atoms with van der Waals surface area (Å²) in [5.74, 6) is 1.49. The molecule has 0 fully saturated rings. The van der Waals surface area contributed by atoms with E-state index in [1.807, 2.05) is 29.8 Å². The predicted octanol–water partition coefficient (Wildman–Crippen LogP) is 2.63. The number of aliphatic hydroxyl groups excluding tert-OH is 1. The van der Waals surface area contributed by atoms with Crippen LogP contribution in [0.2, 0.25) is 0 Å². The number of aryl methyl sites for hydroxylation is 2. The second-order valence-electron chi connectivity index (χ2n) is 4.91. The lowest BCUT2D eigenvalue weighted by atomic mass is 10.1. The fourth-order valence-electron chi connectivity index (χ4n) is 2.07. The van der Waals surface area contributed by atoms with Crippen LogP contribution in [0.1, 0.15) is 43.3 Å². The molecule has 0 aliphatic carbocycles. The summed E-state index contributed by atoms with van der Waals surface area (Å²) >= 11 is 0. The second kappa shape index (κ2) is 6.52. The maximum atomic E-state index is 9.81. The molecule has 0 bridgehead atoms. The van der Waals surface area contributed by atoms with Gasteiger partial charge in [0.25, 0.3) is 0 Å². The zero-order valence-corrected chi connectivity index (χ0v) is 12.2. The van der Waals surface area contributed by atoms with Gasteiger partial charge in [-0.1, -0.05) is 18.6 Å². The van der Waals surface area contributed by atoms with Crippen LogP contribution >= 0.6 is 0 Å². The smallest absolute Gasteiger partial charge is 0.164 e. The Morgan fingerprint density at radius 3 is 2.90 bits per heavy atom. The number of nitrogens with zero attached hydrogens (tertiary/aromatic N) is 3. The first kappa shape index (κ1) is 14.5. The molecule has 0 aliphatic heterocycles. The molecule has 1 heterocycles. The average Bonchev–Trinajstić information content (AvgIpc) is 2.85. The van der Waals surface area contributed by atoms with Gasteiger partial charge in [0.1, 0.15) is 18.7 Å². The van der Waals surface area contributed by atoms with Crippen LogP contribution < -0.4 is 4.74 Å². The summed E-state index contributed by atoms with van der Waals surface area (Å²) in [7, 11) is 0. The van der Waals surface area contributed by atoms with Crippen LogP contribution in [0.3, 0.4) is 0 Å². The van der Waals surface area contributed by atoms with Gasteiger partial charge in [-0.05, 0) is 32.4 Å². The topological polar surface area (TPSA) is 60.2 Å². The normalized spacial score (nSPS) is 12.4. The number of rotatable bonds is 6. The Bertz CT molecular complexity index is 564. The molecule has 5 heteroatoms. The van der Waals surface area contributed by atoms with Crippen LogP contribution in [0, 0.1) is 6.92 Å². The number of benzene rings is 1. The largest absolute Gasteiger partial charge is 0.485 e. The zero-order chi connectivity index (χ0) is 14.5. The van der Waals surface area contributed by atoms with Crippen molar-refractivity contribution >= 4 is 0 Å². The fourth-order valence-corrected chi connectivity index (χ4v) is 2.07. The average molecular weight is 275 g/mol. The highest BCUT2D eigenvalue weighted by Gasteiger charge is 2.11. The van der Waals surface area contributed by atoms with Gasteiger partial charge in [0.05, 0.1) is 6.10 Å². The molecule has 0 aliphatic rings. The van der Waals surface area contributed by atoms with Gasteiger partial charge in [-0.3, -0.25) is 0 Å². The van der Waals surface area contributed by atoms with Crippen LogP contribution in [0.15, 0.2) is 24.5 Å². The summed E-state index contributed by atoms with van der Waals surface area (Å²) in [6, 6.07) is 5.80. The van der Waals surface area contributed by atoms with E-state index in [0.717, 1.165) is 29.9 Å². The van der Waals surface area contributed by atoms with Gasteiger partial charge >= 0.3 is 0 Å². The number of ether oxygens (including phenoxy) is 1. The maximum Gasteiger partial charge on any atom is 0.164 e. The van der Waals surface area contributed by atoms with Crippen LogP contribution in [0.5, 0.6) is 5.75 Å². The van der Waals surface area contributed by atoms with Gasteiger partial charge in [0.2, 0.25) is 0 Å². The standard InChI is InChI=1S/C15H21N3O2/c1-4-7-18-15(16-10-17-18)9-20-14-6-5-11(2)8-13(14)12(3)19/h5-6,8,10,12,19H,4,7,9H2,1-3H3/t12-/m1/s1. The summed E-state index contributed by atoms with van der Waals surface area (Å²) in [4.78, 5) is 4.21. The van der Waals surface area contributed by atoms with Crippen molar-refractivity contribution < 1.29 is 9.84 Å². The maximum absolute atomic E-state index is 9.81. The Kier molecular flexibility index (Phi) is 4.74. The molecule has 1 aromatic heterocycles. The van der Waals surface area contributed by atoms with Crippen molar-refractivity contribution in [2.75, 3.05) is 0 Å². The second-order valence-corrected chi connectivity index (χ2v) is 4.91. The summed E-state index contributed by atoms with van der Waals surface area (Å²) in [5.41, 5.74) is 1.90. The molecular formula is C15H21N3O2. The molecule has 2 aromatic rings. The van der Waals surface area contributed by atoms with E-state index >= 15 is 0 Å². The minimum absolute atomic E-state index is 0.350. The minimum atomic E-state index is -0.557. The van der Waals surface area contributed by atoms with Gasteiger partial charge in [-0.2, -0.15) is 5.10 Å². The van der Waals surface area contributed by atoms with Gasteiger partial charge in [0.15, 0.2) is 5.82 Å². The van der Waals surface area contributed by atoms with Gasteiger partial charge in [0, 0.05) is 12.1 Å². The Morgan fingerprint density at radius 2 is 2.20 bits per heavy atom. The molecule has 2 rings (SSSR count). The molecule has 20 heavy (non-hydrogen) atoms. The van der Waals surface area contributed by atoms with Crippen LogP contribution in [-0.4, -0.2) is 19.9 Å². The van der Waals surface area contributed by atoms with Crippen molar-refractivity contribution in [1.29, 1.82) is 0 Å². The van der Waals surface area contributed by atoms with E-state index in [2.05, 4.69) is 17.0 Å². The van der Waals surface area contributed by atoms with Crippen molar-refractivity contribution in [3.63, 3.8) is 0 Å². The first-order valence-corrected chi connectivity index (χ1v) is 6.90. The summed E-state index contributed by atoms with van der Waals surface area (Å²) in [5, 5.41) is 14.0. The lowest BCUT2D eigenvalue weighted by molar-refractivity contribution is 0.189. The lowest BCUT2D eigenvalue weighted by Crippen LogP contribution is -2.09. The molecule has 0 saturated carbocycles. The molecule has 0 saturated heterocycles. The first-order valence-electron chi connectivity index (χ1n) is 6.90. The summed E-state index contributed by atoms with van der Waals surface area (Å²) < 4.78 is 7.64. The molecule has 1 N–H and O–H groups in total. The molecule has 0 amide bonds. The predicted molar refractivity (Wildman–Crippen MR) is 76.5 cm³/mol. The molecule has 0 spiro atoms. The quantitative estimate of drug-likeness (QED) is 0.880. The number of hydrogen-bond donors (Lipinski definition) is 1. The first-order chi connectivity index (χ1) is 9.61. The molecular weight excluding hydrogens is 254 g/mol. The van der Waals surface area contributed by atoms with Crippen LogP contribution in [0.4, 0.5) is 0 Å². The SMILES string of the molecule is CCCn1ncnc1COc1ccc(C)cc1[C@@H](C)O. The molecule has 108 valence electrons. The fraction of sp³-hybridized carbons (Fsp3) is 0.467. The van der Waals surface area contributed by atoms with Crippen LogP contribution in [-0.2, 0) is 13.2 Å². The highest BCUT2D eigenvalue weighted by atomic mass is 16.5. The van der Waals surface area contributed by atoms with Crippen molar-refractivity contribution in [3.05, 3.63) is 41.5 Å². The number of aliphatic hydroxyl groups is 1. The molecule has 5 nitrogen and oxygen atoms in total. The number of hydrogen-bond acceptors (Lipinski definition) is 4. The van der Waals surface area contributed by atoms with E-state index in [-0.39, 0.29) is 0 Å². The summed E-state index contributed by atoms with van der Waals surface area (Å²) in [6.45, 7) is 7.01. The van der Waals surface area contributed by atoms with Crippen LogP contribution in [0.25, 0.3) is 0 Å². The van der Waals surface area contributed by atoms with E-state index in [0.29, 0.717) is 12.4 Å². The van der Waals surface area contributed by atoms with E-state index in [1.54, 1.807) is 13.3 Å². The molecule has 0 unspecified atom stereocenters.